The Hall–Kier alpha value is -8.26. The van der Waals surface area contributed by atoms with Crippen LogP contribution in [0, 0.1) is 0 Å². The fraction of sp³-hybridized carbons (Fsp3) is 0.0462. The van der Waals surface area contributed by atoms with Gasteiger partial charge in [0.1, 0.15) is 0 Å². The van der Waals surface area contributed by atoms with Crippen LogP contribution in [0.1, 0.15) is 35.1 Å². The van der Waals surface area contributed by atoms with Gasteiger partial charge < -0.3 is 4.90 Å². The lowest BCUT2D eigenvalue weighted by Crippen LogP contribution is -2.30. The van der Waals surface area contributed by atoms with Crippen LogP contribution in [0.5, 0.6) is 0 Å². The summed E-state index contributed by atoms with van der Waals surface area (Å²) in [6, 6.07) is 91.4. The van der Waals surface area contributed by atoms with E-state index in [-0.39, 0.29) is 5.41 Å². The van der Waals surface area contributed by atoms with Gasteiger partial charge in [0.2, 0.25) is 0 Å². The smallest absolute Gasteiger partial charge is 0.0676 e. The van der Waals surface area contributed by atoms with Crippen LogP contribution >= 0.6 is 0 Å². The zero-order valence-corrected chi connectivity index (χ0v) is 36.7. The molecule has 1 nitrogen and oxygen atoms in total. The standard InChI is InChI=1S/C65H47N/c1-5-21-46(22-6-1)55-32-16-18-38-62(55)66(54-31-19-26-50(45-54)58-44-41-47-23-13-14-33-56(47)63(58)49-24-7-2-8-25-49)53-42-39-48(40-43-53)57-35-20-37-61-64(57)59-34-15-17-36-60(59)65(61,51-27-9-3-10-28-51)52-29-11-4-12-30-52/h1-16,18-35,37-45H,17,36H2. The number of anilines is 3. The molecule has 312 valence electrons. The van der Waals surface area contributed by atoms with E-state index in [2.05, 4.69) is 266 Å². The van der Waals surface area contributed by atoms with Crippen LogP contribution in [0.4, 0.5) is 17.1 Å². The molecule has 2 aliphatic carbocycles. The van der Waals surface area contributed by atoms with Crippen molar-refractivity contribution in [3.8, 4) is 44.5 Å². The highest BCUT2D eigenvalue weighted by molar-refractivity contribution is 6.05. The van der Waals surface area contributed by atoms with Crippen molar-refractivity contribution in [3.05, 3.63) is 289 Å². The highest BCUT2D eigenvalue weighted by atomic mass is 15.1. The molecule has 0 heterocycles. The molecule has 0 amide bonds. The van der Waals surface area contributed by atoms with E-state index < -0.39 is 0 Å². The lowest BCUT2D eigenvalue weighted by atomic mass is 9.65. The number of rotatable bonds is 9. The Morgan fingerprint density at radius 3 is 1.70 bits per heavy atom. The van der Waals surface area contributed by atoms with Crippen molar-refractivity contribution in [2.75, 3.05) is 4.90 Å². The number of fused-ring (bicyclic) bond motifs is 3. The van der Waals surface area contributed by atoms with Crippen molar-refractivity contribution in [2.24, 2.45) is 0 Å². The molecule has 0 aromatic heterocycles. The van der Waals surface area contributed by atoms with Crippen LogP contribution in [0.3, 0.4) is 0 Å². The van der Waals surface area contributed by atoms with Gasteiger partial charge in [-0.3, -0.25) is 0 Å². The molecule has 0 aliphatic heterocycles. The minimum Gasteiger partial charge on any atom is -0.310 e. The van der Waals surface area contributed by atoms with Gasteiger partial charge in [-0.05, 0) is 126 Å². The third-order valence-corrected chi connectivity index (χ3v) is 13.8. The first kappa shape index (κ1) is 39.3. The Kier molecular flexibility index (Phi) is 9.95. The molecule has 66 heavy (non-hydrogen) atoms. The number of benzene rings is 10. The normalized spacial score (nSPS) is 13.6. The minimum atomic E-state index is -0.373. The lowest BCUT2D eigenvalue weighted by molar-refractivity contribution is 0.696. The topological polar surface area (TPSA) is 3.24 Å². The first-order chi connectivity index (χ1) is 32.8. The maximum Gasteiger partial charge on any atom is 0.0676 e. The van der Waals surface area contributed by atoms with Gasteiger partial charge in [0.05, 0.1) is 11.1 Å². The van der Waals surface area contributed by atoms with Gasteiger partial charge in [0.25, 0.3) is 0 Å². The average Bonchev–Trinajstić information content (AvgIpc) is 3.71. The van der Waals surface area contributed by atoms with Crippen molar-refractivity contribution in [1.82, 2.24) is 0 Å². The van der Waals surface area contributed by atoms with Crippen molar-refractivity contribution >= 4 is 33.4 Å². The van der Waals surface area contributed by atoms with Gasteiger partial charge in [0.15, 0.2) is 0 Å². The summed E-state index contributed by atoms with van der Waals surface area (Å²) >= 11 is 0. The fourth-order valence-corrected chi connectivity index (χ4v) is 11.0. The Morgan fingerprint density at radius 2 is 0.955 bits per heavy atom. The predicted molar refractivity (Wildman–Crippen MR) is 278 cm³/mol. The molecule has 0 saturated heterocycles. The van der Waals surface area contributed by atoms with E-state index in [1.165, 1.54) is 88.7 Å². The van der Waals surface area contributed by atoms with E-state index in [9.17, 15) is 0 Å². The maximum atomic E-state index is 2.44. The summed E-state index contributed by atoms with van der Waals surface area (Å²) in [5, 5.41) is 2.48. The maximum absolute atomic E-state index is 2.44. The molecule has 2 aliphatic rings. The zero-order valence-electron chi connectivity index (χ0n) is 36.7. The number of hydrogen-bond acceptors (Lipinski definition) is 1. The van der Waals surface area contributed by atoms with Crippen LogP contribution in [0.15, 0.2) is 266 Å². The summed E-state index contributed by atoms with van der Waals surface area (Å²) in [5.41, 5.74) is 20.8. The van der Waals surface area contributed by atoms with E-state index in [0.717, 1.165) is 29.9 Å². The van der Waals surface area contributed by atoms with Crippen LogP contribution in [-0.4, -0.2) is 0 Å². The zero-order chi connectivity index (χ0) is 43.9. The molecule has 0 saturated carbocycles. The van der Waals surface area contributed by atoms with E-state index in [1.807, 2.05) is 0 Å². The number of hydrogen-bond donors (Lipinski definition) is 0. The molecule has 10 aromatic rings. The summed E-state index contributed by atoms with van der Waals surface area (Å²) in [4.78, 5) is 2.44. The summed E-state index contributed by atoms with van der Waals surface area (Å²) < 4.78 is 0. The Morgan fingerprint density at radius 1 is 0.379 bits per heavy atom. The second kappa shape index (κ2) is 16.7. The highest BCUT2D eigenvalue weighted by Gasteiger charge is 2.48. The predicted octanol–water partition coefficient (Wildman–Crippen LogP) is 17.4. The van der Waals surface area contributed by atoms with Crippen molar-refractivity contribution in [3.63, 3.8) is 0 Å². The van der Waals surface area contributed by atoms with Crippen LogP contribution in [0.2, 0.25) is 0 Å². The number of allylic oxidation sites excluding steroid dienone is 4. The molecule has 0 N–H and O–H groups in total. The molecule has 12 rings (SSSR count). The molecule has 0 atom stereocenters. The number of nitrogens with zero attached hydrogens (tertiary/aromatic N) is 1. The monoisotopic (exact) mass is 841 g/mol. The van der Waals surface area contributed by atoms with Crippen LogP contribution in [0.25, 0.3) is 60.9 Å². The highest BCUT2D eigenvalue weighted by Crippen LogP contribution is 2.59. The van der Waals surface area contributed by atoms with E-state index in [1.54, 1.807) is 0 Å². The Labute approximate surface area is 387 Å². The van der Waals surface area contributed by atoms with Crippen LogP contribution in [-0.2, 0) is 5.41 Å². The summed E-state index contributed by atoms with van der Waals surface area (Å²) in [6.45, 7) is 0. The van der Waals surface area contributed by atoms with Crippen LogP contribution < -0.4 is 4.90 Å². The first-order valence-corrected chi connectivity index (χ1v) is 23.1. The number of para-hydroxylation sites is 1. The Balaban J connectivity index is 1.03. The van der Waals surface area contributed by atoms with Crippen molar-refractivity contribution < 1.29 is 0 Å². The Bertz CT molecular complexity index is 3400. The van der Waals surface area contributed by atoms with Gasteiger partial charge in [-0.15, -0.1) is 0 Å². The fourth-order valence-electron chi connectivity index (χ4n) is 11.0. The largest absolute Gasteiger partial charge is 0.310 e. The minimum absolute atomic E-state index is 0.373. The van der Waals surface area contributed by atoms with Gasteiger partial charge >= 0.3 is 0 Å². The quantitative estimate of drug-likeness (QED) is 0.140. The summed E-state index contributed by atoms with van der Waals surface area (Å²) in [5.74, 6) is 0. The molecule has 0 fully saturated rings. The molecule has 0 unspecified atom stereocenters. The van der Waals surface area contributed by atoms with Crippen molar-refractivity contribution in [2.45, 2.75) is 18.3 Å². The molecule has 0 spiro atoms. The second-order valence-corrected chi connectivity index (χ2v) is 17.4. The molecular formula is C65H47N. The molecular weight excluding hydrogens is 795 g/mol. The second-order valence-electron chi connectivity index (χ2n) is 17.4. The first-order valence-electron chi connectivity index (χ1n) is 23.1. The summed E-state index contributed by atoms with van der Waals surface area (Å²) in [7, 11) is 0. The molecule has 1 heteroatoms. The molecule has 10 aromatic carbocycles. The van der Waals surface area contributed by atoms with Crippen molar-refractivity contribution in [1.29, 1.82) is 0 Å². The third kappa shape index (κ3) is 6.55. The van der Waals surface area contributed by atoms with Gasteiger partial charge in [-0.25, -0.2) is 0 Å². The van der Waals surface area contributed by atoms with E-state index >= 15 is 0 Å². The average molecular weight is 842 g/mol. The molecule has 0 radical (unpaired) electrons. The summed E-state index contributed by atoms with van der Waals surface area (Å²) in [6.07, 6.45) is 6.82. The van der Waals surface area contributed by atoms with Gasteiger partial charge in [0, 0.05) is 16.9 Å². The van der Waals surface area contributed by atoms with Gasteiger partial charge in [-0.2, -0.15) is 0 Å². The van der Waals surface area contributed by atoms with E-state index in [4.69, 9.17) is 0 Å². The van der Waals surface area contributed by atoms with E-state index in [0.29, 0.717) is 0 Å². The molecule has 0 bridgehead atoms. The third-order valence-electron chi connectivity index (χ3n) is 13.8. The SMILES string of the molecule is C1=CC2=C(CC1)C(c1ccccc1)(c1ccccc1)c1cccc(-c3ccc(N(c4cccc(-c5ccc6ccccc6c5-c5ccccc5)c4)c4ccccc4-c4ccccc4)cc3)c12. The van der Waals surface area contributed by atoms with Gasteiger partial charge in [-0.1, -0.05) is 231 Å². The lowest BCUT2D eigenvalue weighted by Gasteiger charge is -2.36.